The number of hydrogen-bond acceptors (Lipinski definition) is 3. The fraction of sp³-hybridized carbons (Fsp3) is 0.0714. The van der Waals surface area contributed by atoms with Gasteiger partial charge in [0.25, 0.3) is 0 Å². The molecule has 0 heterocycles. The van der Waals surface area contributed by atoms with E-state index in [0.717, 1.165) is 6.07 Å². The maximum Gasteiger partial charge on any atom is 0.409 e. The third-order valence-corrected chi connectivity index (χ3v) is 3.76. The molecule has 0 bridgehead atoms. The number of nitrogens with two attached hydrogens (primary N) is 1. The van der Waals surface area contributed by atoms with E-state index >= 15 is 0 Å². The van der Waals surface area contributed by atoms with Gasteiger partial charge in [-0.25, -0.2) is 9.18 Å². The number of ether oxygens (including phenoxy) is 1. The first-order valence-corrected chi connectivity index (χ1v) is 6.95. The van der Waals surface area contributed by atoms with Crippen LogP contribution in [0.15, 0.2) is 40.9 Å². The largest absolute Gasteiger partial charge is 0.410 e. The van der Waals surface area contributed by atoms with E-state index in [9.17, 15) is 14.3 Å². The maximum absolute atomic E-state index is 13.0. The van der Waals surface area contributed by atoms with Crippen molar-refractivity contribution in [2.45, 2.75) is 6.10 Å². The fourth-order valence-corrected chi connectivity index (χ4v) is 2.65. The predicted molar refractivity (Wildman–Crippen MR) is 79.8 cm³/mol. The van der Waals surface area contributed by atoms with Crippen molar-refractivity contribution in [3.05, 3.63) is 62.8 Å². The van der Waals surface area contributed by atoms with E-state index in [-0.39, 0.29) is 10.8 Å². The van der Waals surface area contributed by atoms with Gasteiger partial charge in [-0.3, -0.25) is 0 Å². The summed E-state index contributed by atoms with van der Waals surface area (Å²) in [7, 11) is 0. The molecule has 0 radical (unpaired) electrons. The van der Waals surface area contributed by atoms with Crippen LogP contribution in [0, 0.1) is 5.82 Å². The number of aliphatic hydroxyl groups is 1. The van der Waals surface area contributed by atoms with Crippen molar-refractivity contribution in [1.29, 1.82) is 0 Å². The van der Waals surface area contributed by atoms with Crippen LogP contribution >= 0.6 is 27.5 Å². The molecule has 1 amide bonds. The summed E-state index contributed by atoms with van der Waals surface area (Å²) in [6, 6.07) is 8.25. The van der Waals surface area contributed by atoms with Gasteiger partial charge in [-0.2, -0.15) is 0 Å². The summed E-state index contributed by atoms with van der Waals surface area (Å²) in [6.07, 6.45) is -1.99. The van der Waals surface area contributed by atoms with E-state index in [4.69, 9.17) is 22.1 Å². The molecule has 1 unspecified atom stereocenters. The highest BCUT2D eigenvalue weighted by Gasteiger charge is 2.18. The second-order valence-electron chi connectivity index (χ2n) is 4.17. The number of benzene rings is 2. The van der Waals surface area contributed by atoms with E-state index in [1.165, 1.54) is 24.3 Å². The molecule has 110 valence electrons. The summed E-state index contributed by atoms with van der Waals surface area (Å²) in [5.74, 6) is -0.254. The smallest absolute Gasteiger partial charge is 0.409 e. The lowest BCUT2D eigenvalue weighted by molar-refractivity contribution is 0.210. The summed E-state index contributed by atoms with van der Waals surface area (Å²) in [4.78, 5) is 10.7. The molecule has 21 heavy (non-hydrogen) atoms. The number of hydrogen-bond donors (Lipinski definition) is 2. The van der Waals surface area contributed by atoms with E-state index in [1.54, 1.807) is 6.07 Å². The van der Waals surface area contributed by atoms with Crippen molar-refractivity contribution in [3.8, 4) is 5.75 Å². The molecule has 4 nitrogen and oxygen atoms in total. The Labute approximate surface area is 133 Å². The first kappa shape index (κ1) is 15.8. The molecule has 3 N–H and O–H groups in total. The predicted octanol–water partition coefficient (Wildman–Crippen LogP) is 3.78. The van der Waals surface area contributed by atoms with Crippen LogP contribution in [0.25, 0.3) is 0 Å². The van der Waals surface area contributed by atoms with Gasteiger partial charge in [-0.15, -0.1) is 0 Å². The Morgan fingerprint density at radius 3 is 2.52 bits per heavy atom. The third-order valence-electron chi connectivity index (χ3n) is 2.74. The molecule has 0 spiro atoms. The molecule has 0 aliphatic heterocycles. The maximum atomic E-state index is 13.0. The molecule has 2 aromatic carbocycles. The third kappa shape index (κ3) is 3.72. The molecule has 7 heteroatoms. The van der Waals surface area contributed by atoms with Gasteiger partial charge in [0.2, 0.25) is 0 Å². The average molecular weight is 375 g/mol. The van der Waals surface area contributed by atoms with E-state index in [1.807, 2.05) is 0 Å². The lowest BCUT2D eigenvalue weighted by Crippen LogP contribution is -2.16. The molecular weight excluding hydrogens is 365 g/mol. The molecule has 0 saturated heterocycles. The number of carbonyl (C=O) groups excluding carboxylic acids is 1. The zero-order chi connectivity index (χ0) is 15.6. The lowest BCUT2D eigenvalue weighted by atomic mass is 10.0. The summed E-state index contributed by atoms with van der Waals surface area (Å²) in [5.41, 5.74) is 5.77. The quantitative estimate of drug-likeness (QED) is 0.859. The Morgan fingerprint density at radius 1 is 1.29 bits per heavy atom. The second kappa shape index (κ2) is 6.43. The molecule has 0 aliphatic carbocycles. The number of rotatable bonds is 3. The molecule has 0 aliphatic rings. The van der Waals surface area contributed by atoms with Crippen LogP contribution in [0.1, 0.15) is 17.2 Å². The Bertz CT molecular complexity index is 696. The Balaban J connectivity index is 2.35. The standard InChI is InChI=1S/C14H10BrClFNO3/c15-11-6-8(21-14(18)20)2-4-9(11)13(19)10-3-1-7(17)5-12(10)16/h1-6,13,19H,(H2,18,20). The minimum Gasteiger partial charge on any atom is -0.410 e. The molecule has 2 rings (SSSR count). The molecule has 0 saturated carbocycles. The van der Waals surface area contributed by atoms with Gasteiger partial charge >= 0.3 is 6.09 Å². The van der Waals surface area contributed by atoms with Crippen molar-refractivity contribution in [3.63, 3.8) is 0 Å². The fourth-order valence-electron chi connectivity index (χ4n) is 1.80. The summed E-state index contributed by atoms with van der Waals surface area (Å²) >= 11 is 9.19. The molecule has 0 fully saturated rings. The zero-order valence-corrected chi connectivity index (χ0v) is 12.9. The number of halogens is 3. The van der Waals surface area contributed by atoms with Crippen LogP contribution < -0.4 is 10.5 Å². The Kier molecular flexibility index (Phi) is 4.82. The minimum atomic E-state index is -1.06. The average Bonchev–Trinajstić information content (AvgIpc) is 2.37. The van der Waals surface area contributed by atoms with Gasteiger partial charge in [0.05, 0.1) is 0 Å². The number of carbonyl (C=O) groups is 1. The minimum absolute atomic E-state index is 0.117. The van der Waals surface area contributed by atoms with E-state index < -0.39 is 18.0 Å². The van der Waals surface area contributed by atoms with Crippen LogP contribution in [0.2, 0.25) is 5.02 Å². The Hall–Kier alpha value is -1.63. The van der Waals surface area contributed by atoms with Crippen LogP contribution in [0.3, 0.4) is 0 Å². The van der Waals surface area contributed by atoms with E-state index in [2.05, 4.69) is 15.9 Å². The lowest BCUT2D eigenvalue weighted by Gasteiger charge is -2.15. The van der Waals surface area contributed by atoms with Gasteiger partial charge in [0, 0.05) is 15.1 Å². The van der Waals surface area contributed by atoms with E-state index in [0.29, 0.717) is 15.6 Å². The topological polar surface area (TPSA) is 72.6 Å². The van der Waals surface area contributed by atoms with Crippen LogP contribution in [0.4, 0.5) is 9.18 Å². The molecule has 0 aromatic heterocycles. The summed E-state index contributed by atoms with van der Waals surface area (Å²) < 4.78 is 18.3. The highest BCUT2D eigenvalue weighted by molar-refractivity contribution is 9.10. The molecule has 2 aromatic rings. The molecule has 1 atom stereocenters. The normalized spacial score (nSPS) is 12.0. The van der Waals surface area contributed by atoms with Gasteiger partial charge in [-0.05, 0) is 29.8 Å². The summed E-state index contributed by atoms with van der Waals surface area (Å²) in [5, 5.41) is 10.5. The SMILES string of the molecule is NC(=O)Oc1ccc(C(O)c2ccc(F)cc2Cl)c(Br)c1. The van der Waals surface area contributed by atoms with Gasteiger partial charge < -0.3 is 15.6 Å². The van der Waals surface area contributed by atoms with Crippen molar-refractivity contribution in [2.75, 3.05) is 0 Å². The van der Waals surface area contributed by atoms with Crippen molar-refractivity contribution >= 4 is 33.6 Å². The van der Waals surface area contributed by atoms with Crippen molar-refractivity contribution in [1.82, 2.24) is 0 Å². The first-order chi connectivity index (χ1) is 9.88. The van der Waals surface area contributed by atoms with Gasteiger partial charge in [0.15, 0.2) is 0 Å². The number of primary amides is 1. The number of amides is 1. The van der Waals surface area contributed by atoms with Crippen LogP contribution in [0.5, 0.6) is 5.75 Å². The highest BCUT2D eigenvalue weighted by atomic mass is 79.9. The van der Waals surface area contributed by atoms with Crippen LogP contribution in [-0.4, -0.2) is 11.2 Å². The monoisotopic (exact) mass is 373 g/mol. The zero-order valence-electron chi connectivity index (χ0n) is 10.5. The highest BCUT2D eigenvalue weighted by Crippen LogP contribution is 2.34. The van der Waals surface area contributed by atoms with Crippen LogP contribution in [-0.2, 0) is 0 Å². The first-order valence-electron chi connectivity index (χ1n) is 5.78. The van der Waals surface area contributed by atoms with Gasteiger partial charge in [0.1, 0.15) is 17.7 Å². The number of aliphatic hydroxyl groups excluding tert-OH is 1. The van der Waals surface area contributed by atoms with Crippen molar-refractivity contribution in [2.24, 2.45) is 5.73 Å². The molecular formula is C14H10BrClFNO3. The Morgan fingerprint density at radius 2 is 1.95 bits per heavy atom. The second-order valence-corrected chi connectivity index (χ2v) is 5.43. The summed E-state index contributed by atoms with van der Waals surface area (Å²) in [6.45, 7) is 0. The van der Waals surface area contributed by atoms with Gasteiger partial charge in [-0.1, -0.05) is 39.7 Å². The van der Waals surface area contributed by atoms with Crippen molar-refractivity contribution < 1.29 is 19.0 Å².